The SMILES string of the molecule is CCCC(C)NC(C)(C)CCC. The summed E-state index contributed by atoms with van der Waals surface area (Å²) in [5.41, 5.74) is 0.323. The van der Waals surface area contributed by atoms with E-state index in [2.05, 4.69) is 39.9 Å². The monoisotopic (exact) mass is 171 g/mol. The molecule has 1 nitrogen and oxygen atoms in total. The van der Waals surface area contributed by atoms with E-state index in [1.54, 1.807) is 0 Å². The van der Waals surface area contributed by atoms with Gasteiger partial charge in [0.2, 0.25) is 0 Å². The molecule has 1 heteroatoms. The highest BCUT2D eigenvalue weighted by Crippen LogP contribution is 2.12. The van der Waals surface area contributed by atoms with Gasteiger partial charge < -0.3 is 5.32 Å². The smallest absolute Gasteiger partial charge is 0.0127 e. The van der Waals surface area contributed by atoms with Gasteiger partial charge in [0.1, 0.15) is 0 Å². The van der Waals surface area contributed by atoms with Crippen LogP contribution in [0.5, 0.6) is 0 Å². The van der Waals surface area contributed by atoms with Crippen LogP contribution in [-0.2, 0) is 0 Å². The van der Waals surface area contributed by atoms with Crippen LogP contribution in [0, 0.1) is 0 Å². The normalized spacial score (nSPS) is 14.8. The summed E-state index contributed by atoms with van der Waals surface area (Å²) >= 11 is 0. The molecule has 0 bridgehead atoms. The van der Waals surface area contributed by atoms with Gasteiger partial charge in [-0.3, -0.25) is 0 Å². The fraction of sp³-hybridized carbons (Fsp3) is 1.00. The Hall–Kier alpha value is -0.0400. The molecule has 1 unspecified atom stereocenters. The molecule has 12 heavy (non-hydrogen) atoms. The van der Waals surface area contributed by atoms with E-state index in [1.807, 2.05) is 0 Å². The average molecular weight is 171 g/mol. The van der Waals surface area contributed by atoms with E-state index >= 15 is 0 Å². The van der Waals surface area contributed by atoms with Gasteiger partial charge in [-0.2, -0.15) is 0 Å². The van der Waals surface area contributed by atoms with Crippen LogP contribution >= 0.6 is 0 Å². The third-order valence-corrected chi connectivity index (χ3v) is 2.23. The van der Waals surface area contributed by atoms with Crippen molar-refractivity contribution in [2.45, 2.75) is 71.9 Å². The van der Waals surface area contributed by atoms with E-state index in [0.29, 0.717) is 11.6 Å². The first kappa shape index (κ1) is 12.0. The molecule has 0 aromatic carbocycles. The van der Waals surface area contributed by atoms with Crippen LogP contribution in [0.3, 0.4) is 0 Å². The second-order valence-electron chi connectivity index (χ2n) is 4.47. The van der Waals surface area contributed by atoms with Crippen LogP contribution in [-0.4, -0.2) is 11.6 Å². The van der Waals surface area contributed by atoms with Gasteiger partial charge in [-0.1, -0.05) is 26.7 Å². The van der Waals surface area contributed by atoms with Crippen LogP contribution in [0.4, 0.5) is 0 Å². The highest BCUT2D eigenvalue weighted by molar-refractivity contribution is 4.79. The Bertz CT molecular complexity index is 108. The van der Waals surface area contributed by atoms with Crippen LogP contribution in [0.25, 0.3) is 0 Å². The summed E-state index contributed by atoms with van der Waals surface area (Å²) in [5.74, 6) is 0. The highest BCUT2D eigenvalue weighted by atomic mass is 15.0. The summed E-state index contributed by atoms with van der Waals surface area (Å²) < 4.78 is 0. The Labute approximate surface area is 77.9 Å². The molecule has 0 aromatic heterocycles. The van der Waals surface area contributed by atoms with E-state index in [4.69, 9.17) is 0 Å². The zero-order valence-corrected chi connectivity index (χ0v) is 9.41. The van der Waals surface area contributed by atoms with Gasteiger partial charge in [0.25, 0.3) is 0 Å². The first-order valence-electron chi connectivity index (χ1n) is 5.29. The van der Waals surface area contributed by atoms with Gasteiger partial charge in [-0.25, -0.2) is 0 Å². The van der Waals surface area contributed by atoms with E-state index in [-0.39, 0.29) is 0 Å². The lowest BCUT2D eigenvalue weighted by Crippen LogP contribution is -2.44. The van der Waals surface area contributed by atoms with E-state index in [1.165, 1.54) is 25.7 Å². The van der Waals surface area contributed by atoms with Crippen LogP contribution < -0.4 is 5.32 Å². The third kappa shape index (κ3) is 5.59. The van der Waals surface area contributed by atoms with Crippen molar-refractivity contribution in [2.24, 2.45) is 0 Å². The lowest BCUT2D eigenvalue weighted by atomic mass is 9.97. The zero-order valence-electron chi connectivity index (χ0n) is 9.41. The number of hydrogen-bond acceptors (Lipinski definition) is 1. The molecule has 0 aliphatic rings. The molecule has 1 atom stereocenters. The molecule has 0 heterocycles. The maximum absolute atomic E-state index is 3.66. The van der Waals surface area contributed by atoms with Crippen LogP contribution in [0.1, 0.15) is 60.3 Å². The molecule has 74 valence electrons. The van der Waals surface area contributed by atoms with Gasteiger partial charge >= 0.3 is 0 Å². The fourth-order valence-corrected chi connectivity index (χ4v) is 1.87. The van der Waals surface area contributed by atoms with Crippen molar-refractivity contribution in [3.05, 3.63) is 0 Å². The summed E-state index contributed by atoms with van der Waals surface area (Å²) in [6.45, 7) is 11.4. The number of rotatable bonds is 6. The molecule has 1 N–H and O–H groups in total. The first-order chi connectivity index (χ1) is 5.52. The fourth-order valence-electron chi connectivity index (χ4n) is 1.87. The molecule has 0 aromatic rings. The number of nitrogens with one attached hydrogen (secondary N) is 1. The summed E-state index contributed by atoms with van der Waals surface area (Å²) in [4.78, 5) is 0. The predicted octanol–water partition coefficient (Wildman–Crippen LogP) is 3.34. The quantitative estimate of drug-likeness (QED) is 0.646. The molecule has 0 saturated carbocycles. The predicted molar refractivity (Wildman–Crippen MR) is 56.5 cm³/mol. The van der Waals surface area contributed by atoms with E-state index in [9.17, 15) is 0 Å². The molecular weight excluding hydrogens is 146 g/mol. The molecule has 0 saturated heterocycles. The highest BCUT2D eigenvalue weighted by Gasteiger charge is 2.17. The lowest BCUT2D eigenvalue weighted by molar-refractivity contribution is 0.311. The van der Waals surface area contributed by atoms with Crippen molar-refractivity contribution >= 4 is 0 Å². The van der Waals surface area contributed by atoms with Crippen molar-refractivity contribution in [3.8, 4) is 0 Å². The third-order valence-electron chi connectivity index (χ3n) is 2.23. The molecule has 0 spiro atoms. The second kappa shape index (κ2) is 5.58. The lowest BCUT2D eigenvalue weighted by Gasteiger charge is -2.30. The Morgan fingerprint density at radius 1 is 1.17 bits per heavy atom. The minimum Gasteiger partial charge on any atom is -0.309 e. The summed E-state index contributed by atoms with van der Waals surface area (Å²) in [5, 5.41) is 3.66. The van der Waals surface area contributed by atoms with Gasteiger partial charge in [0, 0.05) is 11.6 Å². The Morgan fingerprint density at radius 3 is 2.17 bits per heavy atom. The van der Waals surface area contributed by atoms with Crippen molar-refractivity contribution in [3.63, 3.8) is 0 Å². The van der Waals surface area contributed by atoms with E-state index in [0.717, 1.165) is 0 Å². The maximum Gasteiger partial charge on any atom is 0.0127 e. The summed E-state index contributed by atoms with van der Waals surface area (Å²) in [7, 11) is 0. The second-order valence-corrected chi connectivity index (χ2v) is 4.47. The van der Waals surface area contributed by atoms with Crippen LogP contribution in [0.15, 0.2) is 0 Å². The Morgan fingerprint density at radius 2 is 1.75 bits per heavy atom. The molecule has 0 aliphatic carbocycles. The Kier molecular flexibility index (Phi) is 5.56. The van der Waals surface area contributed by atoms with Crippen molar-refractivity contribution in [1.29, 1.82) is 0 Å². The zero-order chi connectivity index (χ0) is 9.61. The van der Waals surface area contributed by atoms with Gasteiger partial charge in [-0.15, -0.1) is 0 Å². The standard InChI is InChI=1S/C11H25N/c1-6-8-10(3)12-11(4,5)9-7-2/h10,12H,6-9H2,1-5H3. The van der Waals surface area contributed by atoms with Crippen molar-refractivity contribution in [2.75, 3.05) is 0 Å². The minimum absolute atomic E-state index is 0.323. The first-order valence-corrected chi connectivity index (χ1v) is 5.29. The van der Waals surface area contributed by atoms with Gasteiger partial charge in [0.05, 0.1) is 0 Å². The van der Waals surface area contributed by atoms with Crippen molar-refractivity contribution in [1.82, 2.24) is 5.32 Å². The maximum atomic E-state index is 3.66. The summed E-state index contributed by atoms with van der Waals surface area (Å²) in [6, 6.07) is 0.663. The minimum atomic E-state index is 0.323. The van der Waals surface area contributed by atoms with Crippen LogP contribution in [0.2, 0.25) is 0 Å². The van der Waals surface area contributed by atoms with Gasteiger partial charge in [0.15, 0.2) is 0 Å². The van der Waals surface area contributed by atoms with Gasteiger partial charge in [-0.05, 0) is 33.6 Å². The molecule has 0 radical (unpaired) electrons. The van der Waals surface area contributed by atoms with E-state index < -0.39 is 0 Å². The largest absolute Gasteiger partial charge is 0.309 e. The molecule has 0 fully saturated rings. The molecule has 0 amide bonds. The Balaban J connectivity index is 3.70. The topological polar surface area (TPSA) is 12.0 Å². The molecule has 0 aliphatic heterocycles. The number of hydrogen-bond donors (Lipinski definition) is 1. The summed E-state index contributed by atoms with van der Waals surface area (Å²) in [6.07, 6.45) is 5.09. The average Bonchev–Trinajstić information content (AvgIpc) is 1.85. The molecular formula is C11H25N. The molecule has 0 rings (SSSR count). The van der Waals surface area contributed by atoms with Crippen molar-refractivity contribution < 1.29 is 0 Å².